The van der Waals surface area contributed by atoms with Crippen molar-refractivity contribution in [2.45, 2.75) is 38.3 Å². The van der Waals surface area contributed by atoms with Crippen molar-refractivity contribution >= 4 is 0 Å². The van der Waals surface area contributed by atoms with Gasteiger partial charge in [0.15, 0.2) is 0 Å². The van der Waals surface area contributed by atoms with Crippen LogP contribution >= 0.6 is 0 Å². The lowest BCUT2D eigenvalue weighted by Crippen LogP contribution is -2.44. The lowest BCUT2D eigenvalue weighted by Gasteiger charge is -2.37. The Morgan fingerprint density at radius 1 is 1.29 bits per heavy atom. The normalized spacial score (nSPS) is 33.6. The molecule has 1 heterocycles. The van der Waals surface area contributed by atoms with E-state index in [1.807, 2.05) is 6.07 Å². The first kappa shape index (κ1) is 11.2. The van der Waals surface area contributed by atoms with Crippen molar-refractivity contribution in [2.75, 3.05) is 13.1 Å². The zero-order chi connectivity index (χ0) is 11.8. The summed E-state index contributed by atoms with van der Waals surface area (Å²) in [6, 6.07) is 8.66. The largest absolute Gasteiger partial charge is 0.387 e. The highest BCUT2D eigenvalue weighted by Gasteiger charge is 2.36. The topological polar surface area (TPSA) is 23.5 Å². The summed E-state index contributed by atoms with van der Waals surface area (Å²) in [5.74, 6) is 0.777. The third-order valence-corrected chi connectivity index (χ3v) is 4.32. The van der Waals surface area contributed by atoms with Crippen LogP contribution < -0.4 is 0 Å². The van der Waals surface area contributed by atoms with E-state index in [-0.39, 0.29) is 6.10 Å². The molecular weight excluding hydrogens is 210 g/mol. The van der Waals surface area contributed by atoms with E-state index < -0.39 is 0 Å². The number of hydrogen-bond donors (Lipinski definition) is 1. The van der Waals surface area contributed by atoms with Crippen molar-refractivity contribution in [2.24, 2.45) is 5.92 Å². The summed E-state index contributed by atoms with van der Waals surface area (Å²) in [6.45, 7) is 4.62. The Balaban J connectivity index is 1.79. The fourth-order valence-electron chi connectivity index (χ4n) is 3.41. The second kappa shape index (κ2) is 4.43. The molecule has 0 aromatic heterocycles. The van der Waals surface area contributed by atoms with Crippen LogP contribution in [0.15, 0.2) is 24.3 Å². The number of benzene rings is 1. The molecule has 1 aliphatic heterocycles. The minimum atomic E-state index is -0.281. The van der Waals surface area contributed by atoms with Crippen molar-refractivity contribution in [1.82, 2.24) is 4.90 Å². The maximum atomic E-state index is 10.4. The molecule has 2 nitrogen and oxygen atoms in total. The van der Waals surface area contributed by atoms with Gasteiger partial charge in [0.25, 0.3) is 0 Å². The number of aliphatic hydroxyl groups is 1. The molecule has 1 N–H and O–H groups in total. The highest BCUT2D eigenvalue weighted by molar-refractivity contribution is 5.35. The molecule has 17 heavy (non-hydrogen) atoms. The third kappa shape index (κ3) is 2.00. The maximum absolute atomic E-state index is 10.4. The Morgan fingerprint density at radius 2 is 2.12 bits per heavy atom. The summed E-state index contributed by atoms with van der Waals surface area (Å²) in [4.78, 5) is 2.50. The SMILES string of the molecule is CC1CCCN(C2Cc3ccccc3C2O)C1. The zero-order valence-electron chi connectivity index (χ0n) is 10.5. The number of fused-ring (bicyclic) bond motifs is 1. The van der Waals surface area contributed by atoms with Gasteiger partial charge >= 0.3 is 0 Å². The number of aliphatic hydroxyl groups excluding tert-OH is 1. The first-order chi connectivity index (χ1) is 8.25. The maximum Gasteiger partial charge on any atom is 0.0951 e. The van der Waals surface area contributed by atoms with Gasteiger partial charge in [-0.15, -0.1) is 0 Å². The molecule has 1 fully saturated rings. The molecule has 3 rings (SSSR count). The fraction of sp³-hybridized carbons (Fsp3) is 0.600. The van der Waals surface area contributed by atoms with Gasteiger partial charge in [-0.3, -0.25) is 4.90 Å². The molecule has 0 radical (unpaired) electrons. The standard InChI is InChI=1S/C15H21NO/c1-11-5-4-8-16(10-11)14-9-12-6-2-3-7-13(12)15(14)17/h2-3,6-7,11,14-15,17H,4-5,8-10H2,1H3. The van der Waals surface area contributed by atoms with Crippen LogP contribution in [0.3, 0.4) is 0 Å². The monoisotopic (exact) mass is 231 g/mol. The predicted molar refractivity (Wildman–Crippen MR) is 68.9 cm³/mol. The minimum absolute atomic E-state index is 0.281. The number of piperidine rings is 1. The third-order valence-electron chi connectivity index (χ3n) is 4.32. The summed E-state index contributed by atoms with van der Waals surface area (Å²) in [6.07, 6.45) is 3.35. The highest BCUT2D eigenvalue weighted by atomic mass is 16.3. The molecule has 1 saturated heterocycles. The van der Waals surface area contributed by atoms with Gasteiger partial charge < -0.3 is 5.11 Å². The zero-order valence-corrected chi connectivity index (χ0v) is 10.5. The minimum Gasteiger partial charge on any atom is -0.387 e. The first-order valence-corrected chi connectivity index (χ1v) is 6.75. The number of likely N-dealkylation sites (tertiary alicyclic amines) is 1. The van der Waals surface area contributed by atoms with Gasteiger partial charge in [-0.25, -0.2) is 0 Å². The average molecular weight is 231 g/mol. The van der Waals surface area contributed by atoms with E-state index in [1.54, 1.807) is 0 Å². The van der Waals surface area contributed by atoms with Gasteiger partial charge in [-0.05, 0) is 42.9 Å². The molecule has 1 aromatic rings. The van der Waals surface area contributed by atoms with Crippen LogP contribution in [0.5, 0.6) is 0 Å². The van der Waals surface area contributed by atoms with Gasteiger partial charge in [0.2, 0.25) is 0 Å². The van der Waals surface area contributed by atoms with Gasteiger partial charge in [0, 0.05) is 12.6 Å². The van der Waals surface area contributed by atoms with Crippen molar-refractivity contribution in [3.63, 3.8) is 0 Å². The van der Waals surface area contributed by atoms with Crippen molar-refractivity contribution in [3.05, 3.63) is 35.4 Å². The van der Waals surface area contributed by atoms with Crippen LogP contribution in [-0.4, -0.2) is 29.1 Å². The van der Waals surface area contributed by atoms with Gasteiger partial charge in [0.05, 0.1) is 6.10 Å². The molecule has 1 aromatic carbocycles. The molecule has 0 bridgehead atoms. The second-order valence-corrected chi connectivity index (χ2v) is 5.66. The quantitative estimate of drug-likeness (QED) is 0.802. The Bertz CT molecular complexity index is 404. The van der Waals surface area contributed by atoms with Gasteiger partial charge in [-0.2, -0.15) is 0 Å². The van der Waals surface area contributed by atoms with Crippen molar-refractivity contribution in [3.8, 4) is 0 Å². The summed E-state index contributed by atoms with van der Waals surface area (Å²) in [5, 5.41) is 10.4. The molecule has 1 aliphatic carbocycles. The highest BCUT2D eigenvalue weighted by Crippen LogP contribution is 2.35. The van der Waals surface area contributed by atoms with Crippen LogP contribution in [0.25, 0.3) is 0 Å². The smallest absolute Gasteiger partial charge is 0.0951 e. The van der Waals surface area contributed by atoms with E-state index in [0.29, 0.717) is 6.04 Å². The average Bonchev–Trinajstić information content (AvgIpc) is 2.68. The molecule has 3 unspecified atom stereocenters. The predicted octanol–water partition coefficient (Wildman–Crippen LogP) is 2.38. The molecule has 92 valence electrons. The summed E-state index contributed by atoms with van der Waals surface area (Å²) in [7, 11) is 0. The summed E-state index contributed by atoms with van der Waals surface area (Å²) < 4.78 is 0. The Labute approximate surface area is 103 Å². The molecule has 0 spiro atoms. The van der Waals surface area contributed by atoms with Gasteiger partial charge in [-0.1, -0.05) is 31.2 Å². The van der Waals surface area contributed by atoms with Crippen LogP contribution in [0, 0.1) is 5.92 Å². The number of nitrogens with zero attached hydrogens (tertiary/aromatic N) is 1. The first-order valence-electron chi connectivity index (χ1n) is 6.75. The van der Waals surface area contributed by atoms with Crippen LogP contribution in [0.4, 0.5) is 0 Å². The van der Waals surface area contributed by atoms with E-state index in [1.165, 1.54) is 18.4 Å². The van der Waals surface area contributed by atoms with E-state index >= 15 is 0 Å². The van der Waals surface area contributed by atoms with Crippen LogP contribution in [0.1, 0.15) is 37.0 Å². The molecule has 3 atom stereocenters. The van der Waals surface area contributed by atoms with E-state index in [0.717, 1.165) is 31.0 Å². The second-order valence-electron chi connectivity index (χ2n) is 5.66. The summed E-state index contributed by atoms with van der Waals surface area (Å²) in [5.41, 5.74) is 2.49. The molecule has 2 heteroatoms. The van der Waals surface area contributed by atoms with E-state index in [2.05, 4.69) is 30.0 Å². The lowest BCUT2D eigenvalue weighted by atomic mass is 9.97. The number of rotatable bonds is 1. The Kier molecular flexibility index (Phi) is 2.93. The van der Waals surface area contributed by atoms with Crippen LogP contribution in [0.2, 0.25) is 0 Å². The Hall–Kier alpha value is -0.860. The number of hydrogen-bond acceptors (Lipinski definition) is 2. The van der Waals surface area contributed by atoms with Crippen molar-refractivity contribution < 1.29 is 5.11 Å². The van der Waals surface area contributed by atoms with Crippen LogP contribution in [-0.2, 0) is 6.42 Å². The molecule has 0 amide bonds. The van der Waals surface area contributed by atoms with Crippen molar-refractivity contribution in [1.29, 1.82) is 0 Å². The Morgan fingerprint density at radius 3 is 2.88 bits per heavy atom. The molecule has 0 saturated carbocycles. The van der Waals surface area contributed by atoms with Gasteiger partial charge in [0.1, 0.15) is 0 Å². The summed E-state index contributed by atoms with van der Waals surface area (Å²) >= 11 is 0. The van der Waals surface area contributed by atoms with E-state index in [4.69, 9.17) is 0 Å². The lowest BCUT2D eigenvalue weighted by molar-refractivity contribution is 0.0370. The molecular formula is C15H21NO. The van der Waals surface area contributed by atoms with E-state index in [9.17, 15) is 5.11 Å². The fourth-order valence-corrected chi connectivity index (χ4v) is 3.41. The molecule has 2 aliphatic rings.